The number of methoxy groups -OCH3 is 1. The third kappa shape index (κ3) is 3.59. The maximum Gasteiger partial charge on any atom is 0.325 e. The molecule has 1 saturated heterocycles. The van der Waals surface area contributed by atoms with Crippen LogP contribution in [0.5, 0.6) is 0 Å². The number of nitrogens with one attached hydrogen (secondary N) is 2. The van der Waals surface area contributed by atoms with Gasteiger partial charge in [0.1, 0.15) is 0 Å². The van der Waals surface area contributed by atoms with Crippen LogP contribution < -0.4 is 11.2 Å². The number of fused-ring (bicyclic) bond motifs is 1. The largest absolute Gasteiger partial charge is 0.378 e. The van der Waals surface area contributed by atoms with E-state index in [1.54, 1.807) is 7.11 Å². The molecule has 0 spiro atoms. The Hall–Kier alpha value is -1.44. The van der Waals surface area contributed by atoms with Crippen molar-refractivity contribution < 1.29 is 9.47 Å². The van der Waals surface area contributed by atoms with Crippen LogP contribution in [0, 0.1) is 5.92 Å². The molecular weight excluding hydrogens is 322 g/mol. The molecule has 2 saturated carbocycles. The number of aromatic amines is 2. The Balaban J connectivity index is 1.47. The van der Waals surface area contributed by atoms with Crippen LogP contribution in [0.4, 0.5) is 0 Å². The van der Waals surface area contributed by atoms with Gasteiger partial charge >= 0.3 is 5.69 Å². The minimum Gasteiger partial charge on any atom is -0.378 e. The first kappa shape index (κ1) is 17.0. The highest BCUT2D eigenvalue weighted by Crippen LogP contribution is 2.44. The van der Waals surface area contributed by atoms with E-state index in [0.717, 1.165) is 44.8 Å². The average Bonchev–Trinajstić information content (AvgIpc) is 3.35. The lowest BCUT2D eigenvalue weighted by atomic mass is 9.79. The fourth-order valence-corrected chi connectivity index (χ4v) is 4.48. The topological polar surface area (TPSA) is 87.4 Å². The summed E-state index contributed by atoms with van der Waals surface area (Å²) in [4.78, 5) is 30.4. The van der Waals surface area contributed by atoms with Crippen molar-refractivity contribution in [2.24, 2.45) is 5.92 Å². The van der Waals surface area contributed by atoms with Gasteiger partial charge in [0.2, 0.25) is 0 Å². The first-order valence-electron chi connectivity index (χ1n) is 9.31. The van der Waals surface area contributed by atoms with Gasteiger partial charge < -0.3 is 14.5 Å². The molecule has 7 nitrogen and oxygen atoms in total. The van der Waals surface area contributed by atoms with Gasteiger partial charge in [-0.15, -0.1) is 0 Å². The van der Waals surface area contributed by atoms with Crippen molar-refractivity contribution >= 4 is 0 Å². The summed E-state index contributed by atoms with van der Waals surface area (Å²) in [7, 11) is 1.80. The molecule has 138 valence electrons. The number of likely N-dealkylation sites (tertiary alicyclic amines) is 1. The summed E-state index contributed by atoms with van der Waals surface area (Å²) in [6.07, 6.45) is 6.89. The van der Waals surface area contributed by atoms with Gasteiger partial charge in [0.15, 0.2) is 0 Å². The lowest BCUT2D eigenvalue weighted by molar-refractivity contribution is -0.103. The third-order valence-corrected chi connectivity index (χ3v) is 6.11. The first-order chi connectivity index (χ1) is 12.1. The van der Waals surface area contributed by atoms with E-state index in [0.29, 0.717) is 12.2 Å². The second-order valence-corrected chi connectivity index (χ2v) is 7.79. The Labute approximate surface area is 146 Å². The summed E-state index contributed by atoms with van der Waals surface area (Å²) >= 11 is 0. The fourth-order valence-electron chi connectivity index (χ4n) is 4.48. The van der Waals surface area contributed by atoms with Gasteiger partial charge in [-0.05, 0) is 44.4 Å². The van der Waals surface area contributed by atoms with Crippen LogP contribution >= 0.6 is 0 Å². The number of aromatic nitrogens is 2. The zero-order valence-corrected chi connectivity index (χ0v) is 14.8. The summed E-state index contributed by atoms with van der Waals surface area (Å²) < 4.78 is 12.1. The number of rotatable bonds is 6. The Kier molecular flexibility index (Phi) is 4.56. The lowest BCUT2D eigenvalue weighted by Gasteiger charge is -2.43. The van der Waals surface area contributed by atoms with Crippen LogP contribution in [0.1, 0.15) is 44.2 Å². The molecule has 0 unspecified atom stereocenters. The highest BCUT2D eigenvalue weighted by Gasteiger charge is 2.51. The van der Waals surface area contributed by atoms with E-state index >= 15 is 0 Å². The van der Waals surface area contributed by atoms with Crippen LogP contribution in [0.25, 0.3) is 0 Å². The molecule has 0 radical (unpaired) electrons. The van der Waals surface area contributed by atoms with Crippen molar-refractivity contribution in [3.63, 3.8) is 0 Å². The molecule has 2 heterocycles. The van der Waals surface area contributed by atoms with Gasteiger partial charge in [-0.2, -0.15) is 0 Å². The van der Waals surface area contributed by atoms with Crippen molar-refractivity contribution in [3.05, 3.63) is 32.6 Å². The Bertz CT molecular complexity index is 697. The molecule has 1 aromatic rings. The van der Waals surface area contributed by atoms with Crippen molar-refractivity contribution in [2.45, 2.75) is 62.8 Å². The van der Waals surface area contributed by atoms with E-state index in [-0.39, 0.29) is 23.3 Å². The SMILES string of the molecule is CO[C@@]12CC[C@@H](OCC3CC3)C[C@@H]1N(Cc1cc(=O)[nH]c(=O)[nH]1)CC2. The van der Waals surface area contributed by atoms with Crippen LogP contribution in [-0.4, -0.2) is 52.9 Å². The molecule has 2 N–H and O–H groups in total. The second kappa shape index (κ2) is 6.70. The smallest absolute Gasteiger partial charge is 0.325 e. The number of hydrogen-bond acceptors (Lipinski definition) is 5. The van der Waals surface area contributed by atoms with Crippen molar-refractivity contribution in [2.75, 3.05) is 20.3 Å². The molecule has 1 aromatic heterocycles. The maximum atomic E-state index is 11.6. The average molecular weight is 349 g/mol. The highest BCUT2D eigenvalue weighted by molar-refractivity contribution is 5.08. The van der Waals surface area contributed by atoms with Gasteiger partial charge in [0.25, 0.3) is 5.56 Å². The van der Waals surface area contributed by atoms with Crippen LogP contribution in [0.3, 0.4) is 0 Å². The molecule has 0 aromatic carbocycles. The fraction of sp³-hybridized carbons (Fsp3) is 0.778. The van der Waals surface area contributed by atoms with Crippen molar-refractivity contribution in [3.8, 4) is 0 Å². The van der Waals surface area contributed by atoms with Crippen molar-refractivity contribution in [1.82, 2.24) is 14.9 Å². The van der Waals surface area contributed by atoms with Crippen LogP contribution in [-0.2, 0) is 16.0 Å². The normalized spacial score (nSPS) is 32.7. The molecule has 0 amide bonds. The first-order valence-corrected chi connectivity index (χ1v) is 9.31. The molecule has 7 heteroatoms. The van der Waals surface area contributed by atoms with E-state index in [4.69, 9.17) is 9.47 Å². The van der Waals surface area contributed by atoms with E-state index < -0.39 is 5.69 Å². The number of nitrogens with zero attached hydrogens (tertiary/aromatic N) is 1. The minimum atomic E-state index is -0.450. The van der Waals surface area contributed by atoms with Crippen LogP contribution in [0.15, 0.2) is 15.7 Å². The standard InChI is InChI=1S/C18H27N3O4/c1-24-18-5-4-14(25-11-12-2-3-12)9-15(18)21(7-6-18)10-13-8-16(22)20-17(23)19-13/h8,12,14-15H,2-7,9-11H2,1H3,(H2,19,20,22,23)/t14-,15+,18-/m1/s1. The van der Waals surface area contributed by atoms with E-state index in [1.165, 1.54) is 18.9 Å². The van der Waals surface area contributed by atoms with E-state index in [9.17, 15) is 9.59 Å². The van der Waals surface area contributed by atoms with E-state index in [2.05, 4.69) is 14.9 Å². The number of ether oxygens (including phenoxy) is 2. The summed E-state index contributed by atoms with van der Waals surface area (Å²) in [6, 6.07) is 1.73. The predicted molar refractivity (Wildman–Crippen MR) is 92.6 cm³/mol. The zero-order valence-electron chi connectivity index (χ0n) is 14.8. The highest BCUT2D eigenvalue weighted by atomic mass is 16.5. The summed E-state index contributed by atoms with van der Waals surface area (Å²) in [5, 5.41) is 0. The molecule has 0 bridgehead atoms. The minimum absolute atomic E-state index is 0.124. The third-order valence-electron chi connectivity index (χ3n) is 6.11. The lowest BCUT2D eigenvalue weighted by Crippen LogP contribution is -2.51. The van der Waals surface area contributed by atoms with Gasteiger partial charge in [-0.1, -0.05) is 0 Å². The Morgan fingerprint density at radius 2 is 2.08 bits per heavy atom. The predicted octanol–water partition coefficient (Wildman–Crippen LogP) is 1.00. The van der Waals surface area contributed by atoms with Gasteiger partial charge in [0, 0.05) is 44.6 Å². The molecule has 3 aliphatic rings. The monoisotopic (exact) mass is 349 g/mol. The number of H-pyrrole nitrogens is 2. The molecule has 3 atom stereocenters. The maximum absolute atomic E-state index is 11.6. The van der Waals surface area contributed by atoms with Gasteiger partial charge in [0.05, 0.1) is 11.7 Å². The second-order valence-electron chi connectivity index (χ2n) is 7.79. The summed E-state index contributed by atoms with van der Waals surface area (Å²) in [6.45, 7) is 2.35. The summed E-state index contributed by atoms with van der Waals surface area (Å²) in [5.41, 5.74) is -0.276. The molecule has 1 aliphatic heterocycles. The van der Waals surface area contributed by atoms with Gasteiger partial charge in [-0.25, -0.2) is 4.79 Å². The van der Waals surface area contributed by atoms with Crippen LogP contribution in [0.2, 0.25) is 0 Å². The molecular formula is C18H27N3O4. The zero-order chi connectivity index (χ0) is 17.4. The number of hydrogen-bond donors (Lipinski definition) is 2. The quantitative estimate of drug-likeness (QED) is 0.800. The molecule has 4 rings (SSSR count). The molecule has 3 fully saturated rings. The van der Waals surface area contributed by atoms with Crippen molar-refractivity contribution in [1.29, 1.82) is 0 Å². The summed E-state index contributed by atoms with van der Waals surface area (Å²) in [5.74, 6) is 0.773. The van der Waals surface area contributed by atoms with Gasteiger partial charge in [-0.3, -0.25) is 14.7 Å². The van der Waals surface area contributed by atoms with E-state index in [1.807, 2.05) is 0 Å². The Morgan fingerprint density at radius 3 is 2.80 bits per heavy atom. The molecule has 2 aliphatic carbocycles. The Morgan fingerprint density at radius 1 is 1.24 bits per heavy atom. The molecule has 25 heavy (non-hydrogen) atoms.